The Morgan fingerprint density at radius 2 is 1.76 bits per heavy atom. The molecule has 0 atom stereocenters. The van der Waals surface area contributed by atoms with E-state index in [9.17, 15) is 18.0 Å². The maximum atomic E-state index is 12.4. The highest BCUT2D eigenvalue weighted by Crippen LogP contribution is 2.28. The van der Waals surface area contributed by atoms with Gasteiger partial charge in [-0.05, 0) is 12.1 Å². The number of aromatic amines is 1. The molecule has 0 fully saturated rings. The molecular formula is C9H3Cl2F3N2O. The summed E-state index contributed by atoms with van der Waals surface area (Å²) in [5, 5.41) is 0.184. The van der Waals surface area contributed by atoms with Gasteiger partial charge in [0.1, 0.15) is 0 Å². The predicted octanol–water partition coefficient (Wildman–Crippen LogP) is 3.25. The molecule has 0 aliphatic rings. The number of hydrogen-bond donors (Lipinski definition) is 1. The Kier molecular flexibility index (Phi) is 2.79. The number of hydrogen-bond acceptors (Lipinski definition) is 2. The van der Waals surface area contributed by atoms with E-state index in [1.807, 2.05) is 0 Å². The molecule has 0 saturated heterocycles. The predicted molar refractivity (Wildman–Crippen MR) is 57.4 cm³/mol. The Balaban J connectivity index is 2.81. The van der Waals surface area contributed by atoms with E-state index in [1.165, 1.54) is 6.07 Å². The van der Waals surface area contributed by atoms with Crippen LogP contribution in [0.2, 0.25) is 10.0 Å². The van der Waals surface area contributed by atoms with E-state index in [0.29, 0.717) is 0 Å². The Morgan fingerprint density at radius 3 is 2.35 bits per heavy atom. The van der Waals surface area contributed by atoms with Crippen LogP contribution in [0.3, 0.4) is 0 Å². The maximum absolute atomic E-state index is 12.4. The van der Waals surface area contributed by atoms with Gasteiger partial charge in [-0.15, -0.1) is 0 Å². The van der Waals surface area contributed by atoms with E-state index >= 15 is 0 Å². The Hall–Kier alpha value is -1.27. The zero-order valence-electron chi connectivity index (χ0n) is 7.90. The summed E-state index contributed by atoms with van der Waals surface area (Å²) in [7, 11) is 0. The van der Waals surface area contributed by atoms with Gasteiger partial charge in [0.15, 0.2) is 0 Å². The molecule has 0 unspecified atom stereocenters. The van der Waals surface area contributed by atoms with E-state index in [4.69, 9.17) is 23.2 Å². The molecule has 3 nitrogen and oxygen atoms in total. The van der Waals surface area contributed by atoms with Gasteiger partial charge in [-0.25, -0.2) is 4.98 Å². The van der Waals surface area contributed by atoms with E-state index in [1.54, 1.807) is 0 Å². The third kappa shape index (κ3) is 2.23. The van der Waals surface area contributed by atoms with E-state index < -0.39 is 17.4 Å². The highest BCUT2D eigenvalue weighted by molar-refractivity contribution is 6.42. The number of benzene rings is 1. The zero-order valence-corrected chi connectivity index (χ0v) is 9.41. The smallest absolute Gasteiger partial charge is 0.319 e. The molecule has 2 aromatic rings. The van der Waals surface area contributed by atoms with Crippen LogP contribution < -0.4 is 5.56 Å². The van der Waals surface area contributed by atoms with Gasteiger partial charge in [0.25, 0.3) is 5.56 Å². The van der Waals surface area contributed by atoms with Gasteiger partial charge in [-0.2, -0.15) is 13.2 Å². The molecule has 0 amide bonds. The maximum Gasteiger partial charge on any atom is 0.438 e. The Morgan fingerprint density at radius 1 is 1.18 bits per heavy atom. The minimum absolute atomic E-state index is 0.0619. The molecule has 1 N–H and O–H groups in total. The molecule has 0 spiro atoms. The van der Waals surface area contributed by atoms with Crippen LogP contribution in [0.15, 0.2) is 16.9 Å². The Bertz CT molecular complexity index is 651. The summed E-state index contributed by atoms with van der Waals surface area (Å²) >= 11 is 11.3. The van der Waals surface area contributed by atoms with E-state index in [2.05, 4.69) is 9.97 Å². The standard InChI is InChI=1S/C9H3Cl2F3N2O/c10-3-1-5-6(2-4(3)11)16-8(17)7(15-5)9(12,13)14/h1-2H,(H,16,17). The number of H-pyrrole nitrogens is 1. The van der Waals surface area contributed by atoms with Crippen molar-refractivity contribution < 1.29 is 13.2 Å². The summed E-state index contributed by atoms with van der Waals surface area (Å²) < 4.78 is 37.2. The molecule has 0 radical (unpaired) electrons. The molecule has 1 aromatic heterocycles. The van der Waals surface area contributed by atoms with Crippen LogP contribution >= 0.6 is 23.2 Å². The third-order valence-corrected chi connectivity index (χ3v) is 2.72. The topological polar surface area (TPSA) is 45.8 Å². The summed E-state index contributed by atoms with van der Waals surface area (Å²) in [5.41, 5.74) is -2.81. The molecule has 0 aliphatic heterocycles. The van der Waals surface area contributed by atoms with Gasteiger partial charge in [0, 0.05) is 0 Å². The summed E-state index contributed by atoms with van der Waals surface area (Å²) in [4.78, 5) is 16.4. The summed E-state index contributed by atoms with van der Waals surface area (Å²) in [6, 6.07) is 2.40. The third-order valence-electron chi connectivity index (χ3n) is 2.00. The summed E-state index contributed by atoms with van der Waals surface area (Å²) in [6.45, 7) is 0. The first-order valence-electron chi connectivity index (χ1n) is 4.25. The fourth-order valence-electron chi connectivity index (χ4n) is 1.27. The first-order chi connectivity index (χ1) is 7.79. The van der Waals surface area contributed by atoms with Crippen LogP contribution in [0.4, 0.5) is 13.2 Å². The summed E-state index contributed by atoms with van der Waals surface area (Å²) in [6.07, 6.45) is -4.81. The quantitative estimate of drug-likeness (QED) is 0.806. The van der Waals surface area contributed by atoms with Crippen LogP contribution in [0.1, 0.15) is 5.69 Å². The van der Waals surface area contributed by atoms with Crippen molar-refractivity contribution in [1.29, 1.82) is 0 Å². The largest absolute Gasteiger partial charge is 0.438 e. The average molecular weight is 283 g/mol. The van der Waals surface area contributed by atoms with Crippen molar-refractivity contribution in [2.45, 2.75) is 6.18 Å². The highest BCUT2D eigenvalue weighted by atomic mass is 35.5. The number of nitrogens with zero attached hydrogens (tertiary/aromatic N) is 1. The zero-order chi connectivity index (χ0) is 12.8. The van der Waals surface area contributed by atoms with Crippen molar-refractivity contribution in [3.8, 4) is 0 Å². The highest BCUT2D eigenvalue weighted by Gasteiger charge is 2.36. The SMILES string of the molecule is O=c1[nH]c2cc(Cl)c(Cl)cc2nc1C(F)(F)F. The molecule has 0 bridgehead atoms. The lowest BCUT2D eigenvalue weighted by molar-refractivity contribution is -0.142. The van der Waals surface area contributed by atoms with Crippen molar-refractivity contribution in [2.24, 2.45) is 0 Å². The van der Waals surface area contributed by atoms with Gasteiger partial charge in [-0.3, -0.25) is 4.79 Å². The number of fused-ring (bicyclic) bond motifs is 1. The van der Waals surface area contributed by atoms with Gasteiger partial charge >= 0.3 is 6.18 Å². The molecule has 17 heavy (non-hydrogen) atoms. The first-order valence-corrected chi connectivity index (χ1v) is 5.01. The van der Waals surface area contributed by atoms with Gasteiger partial charge in [0.05, 0.1) is 21.1 Å². The van der Waals surface area contributed by atoms with Crippen LogP contribution in [0, 0.1) is 0 Å². The molecule has 1 aromatic carbocycles. The second-order valence-electron chi connectivity index (χ2n) is 3.20. The molecular weight excluding hydrogens is 280 g/mol. The van der Waals surface area contributed by atoms with Crippen molar-refractivity contribution in [1.82, 2.24) is 9.97 Å². The van der Waals surface area contributed by atoms with Crippen molar-refractivity contribution in [3.63, 3.8) is 0 Å². The molecule has 90 valence electrons. The van der Waals surface area contributed by atoms with E-state index in [-0.39, 0.29) is 21.1 Å². The fourth-order valence-corrected chi connectivity index (χ4v) is 1.60. The minimum Gasteiger partial charge on any atom is -0.319 e. The number of rotatable bonds is 0. The molecule has 1 heterocycles. The van der Waals surface area contributed by atoms with E-state index in [0.717, 1.165) is 6.07 Å². The molecule has 0 aliphatic carbocycles. The van der Waals surface area contributed by atoms with Gasteiger partial charge in [0.2, 0.25) is 5.69 Å². The summed E-state index contributed by atoms with van der Waals surface area (Å²) in [5.74, 6) is 0. The van der Waals surface area contributed by atoms with Crippen LogP contribution in [0.5, 0.6) is 0 Å². The lowest BCUT2D eigenvalue weighted by Crippen LogP contribution is -2.23. The van der Waals surface area contributed by atoms with Crippen molar-refractivity contribution >= 4 is 34.2 Å². The number of halogens is 5. The van der Waals surface area contributed by atoms with Crippen molar-refractivity contribution in [3.05, 3.63) is 38.2 Å². The monoisotopic (exact) mass is 282 g/mol. The molecule has 0 saturated carbocycles. The van der Waals surface area contributed by atoms with Crippen LogP contribution in [-0.4, -0.2) is 9.97 Å². The first kappa shape index (κ1) is 12.2. The van der Waals surface area contributed by atoms with Crippen LogP contribution in [0.25, 0.3) is 11.0 Å². The number of alkyl halides is 3. The minimum atomic E-state index is -4.81. The number of nitrogens with one attached hydrogen (secondary N) is 1. The Labute approximate surface area is 102 Å². The second-order valence-corrected chi connectivity index (χ2v) is 4.01. The van der Waals surface area contributed by atoms with Gasteiger partial charge in [-0.1, -0.05) is 23.2 Å². The number of aromatic nitrogens is 2. The molecule has 8 heteroatoms. The lowest BCUT2D eigenvalue weighted by atomic mass is 10.3. The molecule has 2 rings (SSSR count). The lowest BCUT2D eigenvalue weighted by Gasteiger charge is -2.06. The average Bonchev–Trinajstić information content (AvgIpc) is 2.18. The fraction of sp³-hybridized carbons (Fsp3) is 0.111. The second kappa shape index (κ2) is 3.89. The van der Waals surface area contributed by atoms with Gasteiger partial charge < -0.3 is 4.98 Å². The van der Waals surface area contributed by atoms with Crippen molar-refractivity contribution in [2.75, 3.05) is 0 Å². The normalized spacial score (nSPS) is 12.1. The van der Waals surface area contributed by atoms with Crippen LogP contribution in [-0.2, 0) is 6.18 Å².